The minimum atomic E-state index is 1.04. The normalized spacial score (nSPS) is 26.0. The van der Waals surface area contributed by atoms with E-state index in [0.717, 1.165) is 6.54 Å². The van der Waals surface area contributed by atoms with Gasteiger partial charge in [0.15, 0.2) is 5.17 Å². The predicted octanol–water partition coefficient (Wildman–Crippen LogP) is 0.567. The van der Waals surface area contributed by atoms with Crippen LogP contribution in [0.25, 0.3) is 0 Å². The molecule has 0 aromatic rings. The van der Waals surface area contributed by atoms with Gasteiger partial charge in [-0.3, -0.25) is 4.99 Å². The van der Waals surface area contributed by atoms with Gasteiger partial charge in [-0.1, -0.05) is 11.8 Å². The first-order valence-electron chi connectivity index (χ1n) is 2.74. The molecule has 43 valence electrons. The summed E-state index contributed by atoms with van der Waals surface area (Å²) < 4.78 is 0. The van der Waals surface area contributed by atoms with Crippen LogP contribution in [0.3, 0.4) is 0 Å². The van der Waals surface area contributed by atoms with E-state index in [1.54, 1.807) is 0 Å². The first-order chi connectivity index (χ1) is 3.97. The van der Waals surface area contributed by atoms with Crippen LogP contribution in [0, 0.1) is 6.54 Å². The van der Waals surface area contributed by atoms with E-state index in [1.165, 1.54) is 17.5 Å². The van der Waals surface area contributed by atoms with Crippen LogP contribution in [0.5, 0.6) is 0 Å². The number of hydrogen-bond donors (Lipinski definition) is 0. The molecule has 0 N–H and O–H groups in total. The fourth-order valence-electron chi connectivity index (χ4n) is 0.940. The molecule has 0 aromatic carbocycles. The van der Waals surface area contributed by atoms with Crippen molar-refractivity contribution < 1.29 is 0 Å². The highest BCUT2D eigenvalue weighted by molar-refractivity contribution is 8.14. The van der Waals surface area contributed by atoms with Crippen molar-refractivity contribution in [1.82, 2.24) is 4.90 Å². The summed E-state index contributed by atoms with van der Waals surface area (Å²) in [5.74, 6) is 1.23. The number of aliphatic imine (C=N–C) groups is 1. The lowest BCUT2D eigenvalue weighted by Crippen LogP contribution is -2.19. The average molecular weight is 127 g/mol. The quantitative estimate of drug-likeness (QED) is 0.472. The van der Waals surface area contributed by atoms with E-state index in [2.05, 4.69) is 9.89 Å². The number of nitrogens with zero attached hydrogens (tertiary/aromatic N) is 2. The first kappa shape index (κ1) is 4.68. The van der Waals surface area contributed by atoms with Crippen LogP contribution >= 0.6 is 11.8 Å². The molecule has 0 bridgehead atoms. The maximum atomic E-state index is 4.18. The average Bonchev–Trinajstić information content (AvgIpc) is 2.15. The molecule has 0 saturated carbocycles. The highest BCUT2D eigenvalue weighted by Gasteiger charge is 2.22. The molecule has 3 heteroatoms. The molecule has 0 spiro atoms. The zero-order chi connectivity index (χ0) is 5.40. The highest BCUT2D eigenvalue weighted by Crippen LogP contribution is 2.22. The lowest BCUT2D eigenvalue weighted by Gasteiger charge is -2.06. The van der Waals surface area contributed by atoms with Crippen molar-refractivity contribution in [3.63, 3.8) is 0 Å². The first-order valence-corrected chi connectivity index (χ1v) is 3.72. The Balaban J connectivity index is 2.20. The molecule has 0 aromatic heterocycles. The highest BCUT2D eigenvalue weighted by atomic mass is 32.2. The summed E-state index contributed by atoms with van der Waals surface area (Å²) in [5.41, 5.74) is 0. The summed E-state index contributed by atoms with van der Waals surface area (Å²) in [6.07, 6.45) is 0. The van der Waals surface area contributed by atoms with Gasteiger partial charge < -0.3 is 4.90 Å². The van der Waals surface area contributed by atoms with E-state index in [-0.39, 0.29) is 0 Å². The molecule has 1 fully saturated rings. The third-order valence-electron chi connectivity index (χ3n) is 1.37. The molecule has 8 heavy (non-hydrogen) atoms. The lowest BCUT2D eigenvalue weighted by atomic mass is 10.6. The van der Waals surface area contributed by atoms with Crippen molar-refractivity contribution in [2.75, 3.05) is 18.8 Å². The van der Waals surface area contributed by atoms with E-state index in [9.17, 15) is 0 Å². The second kappa shape index (κ2) is 1.65. The third-order valence-corrected chi connectivity index (χ3v) is 2.38. The van der Waals surface area contributed by atoms with Gasteiger partial charge in [0.2, 0.25) is 0 Å². The second-order valence-electron chi connectivity index (χ2n) is 1.89. The largest absolute Gasteiger partial charge is 0.348 e. The molecule has 0 aliphatic carbocycles. The van der Waals surface area contributed by atoms with Crippen molar-refractivity contribution in [1.29, 1.82) is 0 Å². The van der Waals surface area contributed by atoms with E-state index in [4.69, 9.17) is 0 Å². The monoisotopic (exact) mass is 127 g/mol. The molecule has 0 amide bonds. The Bertz CT molecular complexity index is 132. The Morgan fingerprint density at radius 1 is 1.75 bits per heavy atom. The summed E-state index contributed by atoms with van der Waals surface area (Å²) in [6.45, 7) is 4.21. The number of rotatable bonds is 0. The van der Waals surface area contributed by atoms with E-state index >= 15 is 0 Å². The topological polar surface area (TPSA) is 15.6 Å². The van der Waals surface area contributed by atoms with Crippen molar-refractivity contribution in [2.24, 2.45) is 4.99 Å². The standard InChI is InChI=1S/C5H7N2S/c1-2-7-3-4-8-5(7)6-1/h1H,2-4H2. The number of thioether (sulfide) groups is 1. The SMILES string of the molecule is [CH]1CN2CCSC2=N1. The summed E-state index contributed by atoms with van der Waals surface area (Å²) in [5, 5.41) is 1.23. The van der Waals surface area contributed by atoms with Crippen molar-refractivity contribution in [2.45, 2.75) is 0 Å². The maximum Gasteiger partial charge on any atom is 0.159 e. The fraction of sp³-hybridized carbons (Fsp3) is 0.600. The van der Waals surface area contributed by atoms with Gasteiger partial charge in [-0.2, -0.15) is 0 Å². The molecule has 2 aliphatic rings. The van der Waals surface area contributed by atoms with Crippen LogP contribution in [0.15, 0.2) is 4.99 Å². The van der Waals surface area contributed by atoms with Crippen LogP contribution in [0.4, 0.5) is 0 Å². The molecular weight excluding hydrogens is 120 g/mol. The van der Waals surface area contributed by atoms with Gasteiger partial charge in [0.25, 0.3) is 0 Å². The smallest absolute Gasteiger partial charge is 0.159 e. The zero-order valence-corrected chi connectivity index (χ0v) is 5.32. The molecule has 0 atom stereocenters. The van der Waals surface area contributed by atoms with Crippen molar-refractivity contribution >= 4 is 16.9 Å². The van der Waals surface area contributed by atoms with Gasteiger partial charge in [-0.25, -0.2) is 0 Å². The van der Waals surface area contributed by atoms with Crippen LogP contribution in [-0.4, -0.2) is 28.9 Å². The van der Waals surface area contributed by atoms with Crippen LogP contribution in [0.1, 0.15) is 0 Å². The molecular formula is C5H7N2S. The van der Waals surface area contributed by atoms with Crippen LogP contribution < -0.4 is 0 Å². The number of hydrogen-bond acceptors (Lipinski definition) is 3. The Labute approximate surface area is 53.0 Å². The van der Waals surface area contributed by atoms with E-state index < -0.39 is 0 Å². The zero-order valence-electron chi connectivity index (χ0n) is 4.50. The van der Waals surface area contributed by atoms with E-state index in [1.807, 2.05) is 18.3 Å². The Morgan fingerprint density at radius 3 is 3.62 bits per heavy atom. The molecule has 2 heterocycles. The van der Waals surface area contributed by atoms with Crippen molar-refractivity contribution in [3.05, 3.63) is 6.54 Å². The van der Waals surface area contributed by atoms with Crippen LogP contribution in [0.2, 0.25) is 0 Å². The summed E-state index contributed by atoms with van der Waals surface area (Å²) in [4.78, 5) is 6.47. The summed E-state index contributed by atoms with van der Waals surface area (Å²) in [7, 11) is 0. The molecule has 1 saturated heterocycles. The number of amidine groups is 1. The molecule has 2 nitrogen and oxygen atoms in total. The Morgan fingerprint density at radius 2 is 2.75 bits per heavy atom. The van der Waals surface area contributed by atoms with E-state index in [0.29, 0.717) is 0 Å². The molecule has 2 aliphatic heterocycles. The number of fused-ring (bicyclic) bond motifs is 1. The van der Waals surface area contributed by atoms with Crippen molar-refractivity contribution in [3.8, 4) is 0 Å². The summed E-state index contributed by atoms with van der Waals surface area (Å²) >= 11 is 1.86. The maximum absolute atomic E-state index is 4.18. The fourth-order valence-corrected chi connectivity index (χ4v) is 1.93. The van der Waals surface area contributed by atoms with Gasteiger partial charge in [-0.05, 0) is 0 Å². The third kappa shape index (κ3) is 0.540. The van der Waals surface area contributed by atoms with Gasteiger partial charge in [0.1, 0.15) is 0 Å². The van der Waals surface area contributed by atoms with Crippen LogP contribution in [-0.2, 0) is 0 Å². The Hall–Kier alpha value is -0.180. The minimum Gasteiger partial charge on any atom is -0.348 e. The summed E-state index contributed by atoms with van der Waals surface area (Å²) in [6, 6.07) is 0. The predicted molar refractivity (Wildman–Crippen MR) is 35.8 cm³/mol. The lowest BCUT2D eigenvalue weighted by molar-refractivity contribution is 0.520. The molecule has 1 radical (unpaired) electrons. The second-order valence-corrected chi connectivity index (χ2v) is 2.95. The van der Waals surface area contributed by atoms with Gasteiger partial charge in [-0.15, -0.1) is 0 Å². The van der Waals surface area contributed by atoms with Gasteiger partial charge >= 0.3 is 0 Å². The van der Waals surface area contributed by atoms with Gasteiger partial charge in [0.05, 0.1) is 6.54 Å². The molecule has 2 rings (SSSR count). The Kier molecular flexibility index (Phi) is 0.966. The molecule has 0 unspecified atom stereocenters. The minimum absolute atomic E-state index is 1.04. The van der Waals surface area contributed by atoms with Gasteiger partial charge in [0, 0.05) is 18.8 Å².